The lowest BCUT2D eigenvalue weighted by Gasteiger charge is -2.39. The van der Waals surface area contributed by atoms with Crippen LogP contribution in [0.3, 0.4) is 0 Å². The second kappa shape index (κ2) is 17.7. The zero-order valence-corrected chi connectivity index (χ0v) is 33.0. The molecule has 5 atom stereocenters. The van der Waals surface area contributed by atoms with Crippen molar-refractivity contribution in [2.75, 3.05) is 32.7 Å². The second-order valence-electron chi connectivity index (χ2n) is 13.9. The van der Waals surface area contributed by atoms with Gasteiger partial charge in [0, 0.05) is 18.3 Å². The molecule has 300 valence electrons. The minimum atomic E-state index is -5.03. The number of anilines is 1. The summed E-state index contributed by atoms with van der Waals surface area (Å²) >= 11 is 0. The summed E-state index contributed by atoms with van der Waals surface area (Å²) in [5.74, 6) is -1.55. The fourth-order valence-corrected chi connectivity index (χ4v) is 10.4. The molecule has 0 aliphatic carbocycles. The van der Waals surface area contributed by atoms with Gasteiger partial charge < -0.3 is 24.7 Å². The molecule has 4 aromatic rings. The Morgan fingerprint density at radius 3 is 1.93 bits per heavy atom. The van der Waals surface area contributed by atoms with Gasteiger partial charge in [-0.05, 0) is 74.7 Å². The number of ether oxygens (including phenoxy) is 4. The molecule has 16 heteroatoms. The first-order valence-electron chi connectivity index (χ1n) is 18.1. The van der Waals surface area contributed by atoms with Gasteiger partial charge in [-0.3, -0.25) is 4.57 Å². The van der Waals surface area contributed by atoms with Crippen molar-refractivity contribution in [3.63, 3.8) is 0 Å². The van der Waals surface area contributed by atoms with Crippen LogP contribution in [0.15, 0.2) is 95.9 Å². The smallest absolute Gasteiger partial charge is 0.398 e. The molecular formula is C40H48F3N5O7P+. The highest BCUT2D eigenvalue weighted by Crippen LogP contribution is 2.65. The molecular weight excluding hydrogens is 750 g/mol. The maximum absolute atomic E-state index is 15.6. The van der Waals surface area contributed by atoms with E-state index in [-0.39, 0.29) is 30.5 Å². The topological polar surface area (TPSA) is 154 Å². The molecule has 1 fully saturated rings. The van der Waals surface area contributed by atoms with Crippen molar-refractivity contribution in [3.8, 4) is 17.6 Å². The van der Waals surface area contributed by atoms with E-state index in [1.54, 1.807) is 80.9 Å². The van der Waals surface area contributed by atoms with Crippen molar-refractivity contribution in [1.82, 2.24) is 14.2 Å². The molecule has 1 aromatic heterocycles. The van der Waals surface area contributed by atoms with Crippen LogP contribution in [-0.2, 0) is 19.6 Å². The van der Waals surface area contributed by atoms with Crippen LogP contribution in [0.4, 0.5) is 19.0 Å². The third kappa shape index (κ3) is 8.86. The van der Waals surface area contributed by atoms with Crippen molar-refractivity contribution >= 4 is 13.7 Å². The first-order chi connectivity index (χ1) is 26.6. The molecule has 0 spiro atoms. The summed E-state index contributed by atoms with van der Waals surface area (Å²) in [6.45, 7) is 6.61. The number of benzene rings is 3. The van der Waals surface area contributed by atoms with Crippen molar-refractivity contribution in [2.45, 2.75) is 76.4 Å². The van der Waals surface area contributed by atoms with E-state index in [1.807, 2.05) is 36.4 Å². The number of methoxy groups -OCH3 is 2. The summed E-state index contributed by atoms with van der Waals surface area (Å²) in [5, 5.41) is 9.58. The van der Waals surface area contributed by atoms with Crippen molar-refractivity contribution in [3.05, 3.63) is 118 Å². The van der Waals surface area contributed by atoms with E-state index in [9.17, 15) is 14.9 Å². The number of nitrogen functional groups attached to an aromatic ring is 1. The van der Waals surface area contributed by atoms with Gasteiger partial charge in [-0.2, -0.15) is 27.9 Å². The molecule has 0 bridgehead atoms. The van der Waals surface area contributed by atoms with E-state index in [1.165, 1.54) is 20.3 Å². The highest BCUT2D eigenvalue weighted by Gasteiger charge is 2.65. The maximum Gasteiger partial charge on any atom is 0.398 e. The highest BCUT2D eigenvalue weighted by atomic mass is 31.2. The van der Waals surface area contributed by atoms with Gasteiger partial charge in [-0.15, -0.1) is 4.67 Å². The van der Waals surface area contributed by atoms with E-state index in [0.29, 0.717) is 28.2 Å². The average Bonchev–Trinajstić information content (AvgIpc) is 3.52. The molecule has 56 heavy (non-hydrogen) atoms. The van der Waals surface area contributed by atoms with E-state index in [0.717, 1.165) is 10.8 Å². The average molecular weight is 799 g/mol. The van der Waals surface area contributed by atoms with Crippen LogP contribution in [0.1, 0.15) is 57.0 Å². The van der Waals surface area contributed by atoms with Crippen LogP contribution < -0.4 is 20.9 Å². The van der Waals surface area contributed by atoms with E-state index >= 15 is 13.2 Å². The molecule has 3 N–H and O–H groups in total. The maximum atomic E-state index is 15.6. The van der Waals surface area contributed by atoms with Crippen LogP contribution >= 0.6 is 7.87 Å². The van der Waals surface area contributed by atoms with Crippen molar-refractivity contribution < 1.29 is 41.5 Å². The number of rotatable bonds is 16. The van der Waals surface area contributed by atoms with Crippen LogP contribution in [0, 0.1) is 17.2 Å². The highest BCUT2D eigenvalue weighted by molar-refractivity contribution is 7.63. The number of nitrogens with zero attached hydrogens (tertiary/aromatic N) is 4. The van der Waals surface area contributed by atoms with Gasteiger partial charge in [-0.1, -0.05) is 54.6 Å². The third-order valence-electron chi connectivity index (χ3n) is 9.71. The number of aromatic nitrogens is 2. The SMILES string of the molecule is COc1ccc(C(OC[C@H]2O[C@@H](n3ccc(N)nc3=O)[C@H](C(F)(F)F)[C@@H]2O[P+](O)(CCC#N)N(C(C)C)C(C)C)(c2ccccc2)c2ccc(OC)cc2)cc1. The molecule has 0 saturated carbocycles. The molecule has 2 heterocycles. The minimum Gasteiger partial charge on any atom is -0.497 e. The summed E-state index contributed by atoms with van der Waals surface area (Å²) < 4.78 is 79.6. The number of nitriles is 1. The Morgan fingerprint density at radius 2 is 1.46 bits per heavy atom. The van der Waals surface area contributed by atoms with Crippen molar-refractivity contribution in [2.24, 2.45) is 5.92 Å². The van der Waals surface area contributed by atoms with Crippen LogP contribution in [0.25, 0.3) is 0 Å². The molecule has 0 amide bonds. The summed E-state index contributed by atoms with van der Waals surface area (Å²) in [6, 6.07) is 25.8. The molecule has 1 aliphatic rings. The molecule has 1 saturated heterocycles. The van der Waals surface area contributed by atoms with E-state index in [4.69, 9.17) is 29.2 Å². The molecule has 1 aliphatic heterocycles. The van der Waals surface area contributed by atoms with E-state index < -0.39 is 56.3 Å². The normalized spacial score (nSPS) is 19.9. The number of nitrogens with two attached hydrogens (primary N) is 1. The van der Waals surface area contributed by atoms with Gasteiger partial charge in [0.2, 0.25) is 0 Å². The standard InChI is InChI=1S/C40H47F3N5O7P/c1-26(2)48(27(3)4)56(50,24-10-22-44)55-36-33(54-37(35(36)40(41,42)43)47-23-21-34(45)46-38(47)49)25-53-39(28-11-8-7-9-12-28,29-13-17-31(51-5)18-14-29)30-15-19-32(52-6)20-16-30/h7-9,11-21,23,26-27,33,35-37,50H,10,24-25H2,1-6H3,(H-,45,46,49)/p+1/t33-,35-,36-,37-,56?/m1/s1. The lowest BCUT2D eigenvalue weighted by atomic mass is 9.80. The third-order valence-corrected chi connectivity index (χ3v) is 12.7. The minimum absolute atomic E-state index is 0.187. The van der Waals surface area contributed by atoms with Gasteiger partial charge in [0.25, 0.3) is 0 Å². The van der Waals surface area contributed by atoms with Crippen LogP contribution in [0.5, 0.6) is 11.5 Å². The first-order valence-corrected chi connectivity index (χ1v) is 19.9. The van der Waals surface area contributed by atoms with Gasteiger partial charge in [0.1, 0.15) is 41.1 Å². The van der Waals surface area contributed by atoms with E-state index in [2.05, 4.69) is 4.98 Å². The number of hydrogen-bond donors (Lipinski definition) is 2. The lowest BCUT2D eigenvalue weighted by Crippen LogP contribution is -2.46. The molecule has 12 nitrogen and oxygen atoms in total. The Labute approximate surface area is 325 Å². The summed E-state index contributed by atoms with van der Waals surface area (Å²) in [5.41, 5.74) is 5.03. The molecule has 5 rings (SSSR count). The zero-order chi connectivity index (χ0) is 40.8. The molecule has 0 radical (unpaired) electrons. The van der Waals surface area contributed by atoms with Gasteiger partial charge >= 0.3 is 19.7 Å². The first kappa shape index (κ1) is 42.6. The summed E-state index contributed by atoms with van der Waals surface area (Å²) in [7, 11) is -0.903. The number of alkyl halides is 3. The Kier molecular flexibility index (Phi) is 13.5. The van der Waals surface area contributed by atoms with Gasteiger partial charge in [-0.25, -0.2) is 9.69 Å². The Hall–Kier alpha value is -4.55. The quantitative estimate of drug-likeness (QED) is 0.0882. The largest absolute Gasteiger partial charge is 0.497 e. The van der Waals surface area contributed by atoms with Crippen molar-refractivity contribution in [1.29, 1.82) is 5.26 Å². The molecule has 1 unspecified atom stereocenters. The van der Waals surface area contributed by atoms with Crippen LogP contribution in [0.2, 0.25) is 0 Å². The van der Waals surface area contributed by atoms with Crippen LogP contribution in [-0.4, -0.2) is 76.6 Å². The van der Waals surface area contributed by atoms with Gasteiger partial charge in [0.05, 0.1) is 33.3 Å². The predicted octanol–water partition coefficient (Wildman–Crippen LogP) is 7.10. The zero-order valence-electron chi connectivity index (χ0n) is 32.1. The number of halogens is 3. The fourth-order valence-electron chi connectivity index (χ4n) is 7.42. The second-order valence-corrected chi connectivity index (χ2v) is 16.4. The Balaban J connectivity index is 1.72. The summed E-state index contributed by atoms with van der Waals surface area (Å²) in [6.07, 6.45) is -9.83. The number of hydrogen-bond acceptors (Lipinski definition) is 11. The molecule has 3 aromatic carbocycles. The lowest BCUT2D eigenvalue weighted by molar-refractivity contribution is -0.210. The fraction of sp³-hybridized carbons (Fsp3) is 0.425. The monoisotopic (exact) mass is 798 g/mol. The van der Waals surface area contributed by atoms with Gasteiger partial charge in [0.15, 0.2) is 12.3 Å². The Bertz CT molecular complexity index is 1940. The Morgan fingerprint density at radius 1 is 0.929 bits per heavy atom. The predicted molar refractivity (Wildman–Crippen MR) is 206 cm³/mol. The summed E-state index contributed by atoms with van der Waals surface area (Å²) in [4.78, 5) is 29.2.